The minimum atomic E-state index is -1.25. The van der Waals surface area contributed by atoms with E-state index in [0.29, 0.717) is 24.8 Å². The van der Waals surface area contributed by atoms with Crippen LogP contribution in [0.15, 0.2) is 66.8 Å². The fourth-order valence-corrected chi connectivity index (χ4v) is 6.61. The molecule has 1 saturated carbocycles. The average Bonchev–Trinajstić information content (AvgIpc) is 3.04. The van der Waals surface area contributed by atoms with Crippen LogP contribution in [0.4, 0.5) is 0 Å². The molecule has 1 saturated heterocycles. The van der Waals surface area contributed by atoms with Crippen molar-refractivity contribution < 1.29 is 20.1 Å². The molecule has 5 nitrogen and oxygen atoms in total. The van der Waals surface area contributed by atoms with Crippen molar-refractivity contribution in [2.75, 3.05) is 0 Å². The molecule has 0 radical (unpaired) electrons. The van der Waals surface area contributed by atoms with E-state index in [1.807, 2.05) is 49.4 Å². The van der Waals surface area contributed by atoms with Crippen molar-refractivity contribution in [3.8, 4) is 0 Å². The van der Waals surface area contributed by atoms with Crippen molar-refractivity contribution in [2.24, 2.45) is 29.1 Å². The second-order valence-corrected chi connectivity index (χ2v) is 10.7. The van der Waals surface area contributed by atoms with Crippen molar-refractivity contribution in [3.63, 3.8) is 0 Å². The van der Waals surface area contributed by atoms with Crippen LogP contribution in [0.3, 0.4) is 0 Å². The van der Waals surface area contributed by atoms with Gasteiger partial charge in [-0.3, -0.25) is 4.79 Å². The zero-order valence-corrected chi connectivity index (χ0v) is 19.8. The van der Waals surface area contributed by atoms with Crippen molar-refractivity contribution >= 4 is 5.91 Å². The number of aliphatic hydroxyl groups is 3. The number of hydrogen-bond acceptors (Lipinski definition) is 4. The number of aliphatic hydroxyl groups excluding tert-OH is 2. The van der Waals surface area contributed by atoms with Crippen LogP contribution in [-0.4, -0.2) is 45.1 Å². The third-order valence-corrected chi connectivity index (χ3v) is 8.16. The fraction of sp³-hybridized carbons (Fsp3) is 0.536. The number of allylic oxidation sites excluding steroid dienone is 1. The van der Waals surface area contributed by atoms with Gasteiger partial charge in [-0.15, -0.1) is 0 Å². The van der Waals surface area contributed by atoms with Crippen LogP contribution in [-0.2, 0) is 11.2 Å². The van der Waals surface area contributed by atoms with E-state index in [1.54, 1.807) is 19.1 Å². The topological polar surface area (TPSA) is 89.8 Å². The Hall–Kier alpha value is -2.21. The van der Waals surface area contributed by atoms with E-state index in [4.69, 9.17) is 0 Å². The summed E-state index contributed by atoms with van der Waals surface area (Å²) in [4.78, 5) is 13.8. The number of benzene rings is 1. The maximum atomic E-state index is 13.8. The minimum Gasteiger partial charge on any atom is -0.388 e. The highest BCUT2D eigenvalue weighted by molar-refractivity contribution is 5.88. The number of carbonyl (C=O) groups is 1. The highest BCUT2D eigenvalue weighted by atomic mass is 16.3. The van der Waals surface area contributed by atoms with Crippen LogP contribution in [0.2, 0.25) is 0 Å². The molecule has 1 spiro atoms. The molecule has 1 amide bonds. The summed E-state index contributed by atoms with van der Waals surface area (Å²) in [6, 6.07) is 9.80. The van der Waals surface area contributed by atoms with E-state index in [-0.39, 0.29) is 29.7 Å². The Bertz CT molecular complexity index is 952. The van der Waals surface area contributed by atoms with Gasteiger partial charge in [0.05, 0.1) is 23.2 Å². The Kier molecular flexibility index (Phi) is 6.43. The zero-order chi connectivity index (χ0) is 24.0. The molecule has 1 heterocycles. The molecule has 0 bridgehead atoms. The molecule has 1 aliphatic heterocycles. The molecule has 4 rings (SSSR count). The van der Waals surface area contributed by atoms with E-state index in [2.05, 4.69) is 18.8 Å². The molecule has 2 fully saturated rings. The van der Waals surface area contributed by atoms with Gasteiger partial charge in [-0.05, 0) is 49.2 Å². The molecule has 178 valence electrons. The smallest absolute Gasteiger partial charge is 0.230 e. The number of carbonyl (C=O) groups excluding carboxylic acids is 1. The first-order valence-electron chi connectivity index (χ1n) is 12.1. The van der Waals surface area contributed by atoms with Crippen LogP contribution in [0, 0.1) is 29.1 Å². The molecule has 3 aliphatic rings. The standard InChI is InChI=1S/C28H37NO4/c1-17-9-8-12-21-25(31)19(3)18(2)24-22(15-20-10-6-5-7-11-20)29-26(32)28(21,24)23(30)13-14-27(4,33)16-17/h5-8,10-14,17-18,21-25,30-31,33H,3,9,15-16H2,1-2,4H3,(H,29,32)/b12-8+,14-13+/t17-,18+,21-,22-,23+,24-,25+,27-,28?/m0/s1. The summed E-state index contributed by atoms with van der Waals surface area (Å²) < 4.78 is 0. The van der Waals surface area contributed by atoms with Gasteiger partial charge >= 0.3 is 0 Å². The summed E-state index contributed by atoms with van der Waals surface area (Å²) in [5.74, 6) is -1.09. The van der Waals surface area contributed by atoms with Crippen molar-refractivity contribution in [1.29, 1.82) is 0 Å². The second-order valence-electron chi connectivity index (χ2n) is 10.7. The monoisotopic (exact) mass is 451 g/mol. The van der Waals surface area contributed by atoms with Gasteiger partial charge in [-0.2, -0.15) is 0 Å². The van der Waals surface area contributed by atoms with Crippen LogP contribution in [0.25, 0.3) is 0 Å². The third-order valence-electron chi connectivity index (χ3n) is 8.16. The largest absolute Gasteiger partial charge is 0.388 e. The highest BCUT2D eigenvalue weighted by Gasteiger charge is 2.67. The number of rotatable bonds is 2. The quantitative estimate of drug-likeness (QED) is 0.520. The highest BCUT2D eigenvalue weighted by Crippen LogP contribution is 2.57. The second kappa shape index (κ2) is 8.86. The lowest BCUT2D eigenvalue weighted by Gasteiger charge is -2.51. The number of hydrogen-bond donors (Lipinski definition) is 4. The Labute approximate surface area is 196 Å². The number of nitrogens with one attached hydrogen (secondary N) is 1. The van der Waals surface area contributed by atoms with E-state index in [0.717, 1.165) is 5.56 Å². The minimum absolute atomic E-state index is 0.176. The Morgan fingerprint density at radius 2 is 1.85 bits per heavy atom. The van der Waals surface area contributed by atoms with Gasteiger partial charge in [0.1, 0.15) is 0 Å². The van der Waals surface area contributed by atoms with Gasteiger partial charge in [0.15, 0.2) is 0 Å². The van der Waals surface area contributed by atoms with E-state index >= 15 is 0 Å². The molecular formula is C28H37NO4. The van der Waals surface area contributed by atoms with Gasteiger partial charge in [0.25, 0.3) is 0 Å². The summed E-state index contributed by atoms with van der Waals surface area (Å²) in [6.45, 7) is 10.00. The van der Waals surface area contributed by atoms with Crippen LogP contribution < -0.4 is 5.32 Å². The van der Waals surface area contributed by atoms with Crippen molar-refractivity contribution in [2.45, 2.75) is 63.9 Å². The van der Waals surface area contributed by atoms with Gasteiger partial charge < -0.3 is 20.6 Å². The summed E-state index contributed by atoms with van der Waals surface area (Å²) in [6.07, 6.45) is 6.88. The molecule has 5 heteroatoms. The molecular weight excluding hydrogens is 414 g/mol. The molecule has 0 aromatic heterocycles. The molecule has 9 atom stereocenters. The summed E-state index contributed by atoms with van der Waals surface area (Å²) in [5.41, 5.74) is -0.544. The normalized spacial score (nSPS) is 45.3. The zero-order valence-electron chi connectivity index (χ0n) is 19.8. The molecule has 1 aromatic rings. The maximum absolute atomic E-state index is 13.8. The van der Waals surface area contributed by atoms with Gasteiger partial charge in [-0.25, -0.2) is 0 Å². The van der Waals surface area contributed by atoms with Gasteiger partial charge in [0.2, 0.25) is 5.91 Å². The Balaban J connectivity index is 1.85. The molecule has 33 heavy (non-hydrogen) atoms. The average molecular weight is 452 g/mol. The predicted octanol–water partition coefficient (Wildman–Crippen LogP) is 3.17. The first-order chi connectivity index (χ1) is 15.6. The van der Waals surface area contributed by atoms with Crippen molar-refractivity contribution in [1.82, 2.24) is 5.32 Å². The number of amides is 1. The molecule has 4 N–H and O–H groups in total. The van der Waals surface area contributed by atoms with Crippen LogP contribution in [0.5, 0.6) is 0 Å². The molecule has 2 aliphatic carbocycles. The first-order valence-corrected chi connectivity index (χ1v) is 12.1. The summed E-state index contributed by atoms with van der Waals surface area (Å²) in [7, 11) is 0. The molecule has 1 unspecified atom stereocenters. The SMILES string of the molecule is C=C1[C@@H](C)[C@H]2[C@H](Cc3ccccc3)NC(=O)C23[C@H](O)/C=C/[C@](C)(O)C[C@@H](C)C/C=C/[C@H]3[C@@H]1O. The van der Waals surface area contributed by atoms with Gasteiger partial charge in [-0.1, -0.05) is 75.1 Å². The Morgan fingerprint density at radius 1 is 1.15 bits per heavy atom. The lowest BCUT2D eigenvalue weighted by molar-refractivity contribution is -0.147. The summed E-state index contributed by atoms with van der Waals surface area (Å²) in [5, 5.41) is 37.0. The predicted molar refractivity (Wildman–Crippen MR) is 129 cm³/mol. The summed E-state index contributed by atoms with van der Waals surface area (Å²) >= 11 is 0. The van der Waals surface area contributed by atoms with E-state index in [1.165, 1.54) is 0 Å². The van der Waals surface area contributed by atoms with Crippen LogP contribution >= 0.6 is 0 Å². The molecule has 1 aromatic carbocycles. The van der Waals surface area contributed by atoms with Crippen LogP contribution in [0.1, 0.15) is 39.2 Å². The lowest BCUT2D eigenvalue weighted by atomic mass is 9.51. The Morgan fingerprint density at radius 3 is 2.55 bits per heavy atom. The van der Waals surface area contributed by atoms with E-state index in [9.17, 15) is 20.1 Å². The van der Waals surface area contributed by atoms with Crippen molar-refractivity contribution in [3.05, 3.63) is 72.4 Å². The lowest BCUT2D eigenvalue weighted by Crippen LogP contribution is -2.59. The van der Waals surface area contributed by atoms with Gasteiger partial charge in [0, 0.05) is 17.9 Å². The fourth-order valence-electron chi connectivity index (χ4n) is 6.61. The first kappa shape index (κ1) is 23.9. The third kappa shape index (κ3) is 4.11. The van der Waals surface area contributed by atoms with E-state index < -0.39 is 29.1 Å². The maximum Gasteiger partial charge on any atom is 0.230 e.